The van der Waals surface area contributed by atoms with Gasteiger partial charge in [-0.1, -0.05) is 6.92 Å². The predicted molar refractivity (Wildman–Crippen MR) is 72.6 cm³/mol. The number of rotatable bonds is 6. The van der Waals surface area contributed by atoms with E-state index in [0.717, 1.165) is 42.1 Å². The number of H-pyrrole nitrogens is 1. The smallest absolute Gasteiger partial charge is 0.119 e. The van der Waals surface area contributed by atoms with Crippen molar-refractivity contribution in [2.75, 3.05) is 13.2 Å². The Kier molecular flexibility index (Phi) is 4.36. The maximum atomic E-state index is 5.55. The maximum Gasteiger partial charge on any atom is 0.119 e. The Labute approximate surface area is 107 Å². The number of nitrogens with zero attached hydrogens (tertiary/aromatic N) is 1. The van der Waals surface area contributed by atoms with E-state index in [2.05, 4.69) is 17.1 Å². The fraction of sp³-hybridized carbons (Fsp3) is 0.357. The number of aromatic amines is 1. The molecule has 0 saturated heterocycles. The van der Waals surface area contributed by atoms with Crippen LogP contribution in [0.25, 0.3) is 11.3 Å². The fourth-order valence-electron chi connectivity index (χ4n) is 1.73. The summed E-state index contributed by atoms with van der Waals surface area (Å²) in [6.45, 7) is 3.48. The molecule has 0 radical (unpaired) electrons. The molecule has 2 rings (SSSR count). The van der Waals surface area contributed by atoms with Crippen molar-refractivity contribution < 1.29 is 4.74 Å². The van der Waals surface area contributed by atoms with E-state index < -0.39 is 0 Å². The molecule has 0 aliphatic rings. The summed E-state index contributed by atoms with van der Waals surface area (Å²) >= 11 is 0. The lowest BCUT2D eigenvalue weighted by atomic mass is 10.1. The molecule has 1 heterocycles. The van der Waals surface area contributed by atoms with Crippen molar-refractivity contribution in [2.24, 2.45) is 5.73 Å². The van der Waals surface area contributed by atoms with Crippen LogP contribution in [0.3, 0.4) is 0 Å². The van der Waals surface area contributed by atoms with Gasteiger partial charge in [0.2, 0.25) is 0 Å². The summed E-state index contributed by atoms with van der Waals surface area (Å²) in [4.78, 5) is 0. The summed E-state index contributed by atoms with van der Waals surface area (Å²) < 4.78 is 5.55. The number of hydrogen-bond donors (Lipinski definition) is 2. The topological polar surface area (TPSA) is 63.9 Å². The van der Waals surface area contributed by atoms with Gasteiger partial charge in [0, 0.05) is 17.7 Å². The number of ether oxygens (including phenoxy) is 1. The fourth-order valence-corrected chi connectivity index (χ4v) is 1.73. The van der Waals surface area contributed by atoms with Gasteiger partial charge >= 0.3 is 0 Å². The first kappa shape index (κ1) is 12.6. The van der Waals surface area contributed by atoms with Crippen LogP contribution in [0.4, 0.5) is 0 Å². The summed E-state index contributed by atoms with van der Waals surface area (Å²) in [5.41, 5.74) is 8.61. The molecule has 1 aromatic carbocycles. The van der Waals surface area contributed by atoms with Crippen LogP contribution in [-0.4, -0.2) is 23.3 Å². The number of nitrogens with two attached hydrogens (primary N) is 1. The van der Waals surface area contributed by atoms with E-state index in [0.29, 0.717) is 6.54 Å². The number of nitrogens with one attached hydrogen (secondary N) is 1. The zero-order valence-corrected chi connectivity index (χ0v) is 10.6. The molecule has 0 amide bonds. The lowest BCUT2D eigenvalue weighted by molar-refractivity contribution is 0.317. The first-order chi connectivity index (χ1) is 8.83. The average molecular weight is 245 g/mol. The lowest BCUT2D eigenvalue weighted by Crippen LogP contribution is -2.02. The molecule has 2 aromatic rings. The van der Waals surface area contributed by atoms with Crippen molar-refractivity contribution in [3.8, 4) is 17.0 Å². The Morgan fingerprint density at radius 1 is 1.28 bits per heavy atom. The summed E-state index contributed by atoms with van der Waals surface area (Å²) in [6.07, 6.45) is 1.84. The molecule has 96 valence electrons. The van der Waals surface area contributed by atoms with Gasteiger partial charge in [0.25, 0.3) is 0 Å². The van der Waals surface area contributed by atoms with Crippen molar-refractivity contribution in [1.82, 2.24) is 10.2 Å². The highest BCUT2D eigenvalue weighted by atomic mass is 16.5. The molecule has 4 heteroatoms. The first-order valence-corrected chi connectivity index (χ1v) is 6.31. The van der Waals surface area contributed by atoms with Crippen molar-refractivity contribution >= 4 is 0 Å². The van der Waals surface area contributed by atoms with Crippen molar-refractivity contribution in [3.63, 3.8) is 0 Å². The second kappa shape index (κ2) is 6.21. The SMILES string of the molecule is CCCOc1ccc(-c2cc(CCN)[nH]n2)cc1. The third kappa shape index (κ3) is 3.11. The zero-order chi connectivity index (χ0) is 12.8. The van der Waals surface area contributed by atoms with E-state index in [1.165, 1.54) is 0 Å². The molecule has 18 heavy (non-hydrogen) atoms. The minimum atomic E-state index is 0.630. The molecule has 0 saturated carbocycles. The van der Waals surface area contributed by atoms with E-state index in [9.17, 15) is 0 Å². The van der Waals surface area contributed by atoms with Crippen LogP contribution in [0.15, 0.2) is 30.3 Å². The van der Waals surface area contributed by atoms with Crippen LogP contribution < -0.4 is 10.5 Å². The highest BCUT2D eigenvalue weighted by Gasteiger charge is 2.03. The standard InChI is InChI=1S/C14H19N3O/c1-2-9-18-13-5-3-11(4-6-13)14-10-12(7-8-15)16-17-14/h3-6,10H,2,7-9,15H2,1H3,(H,16,17). The van der Waals surface area contributed by atoms with Gasteiger partial charge in [-0.05, 0) is 43.3 Å². The van der Waals surface area contributed by atoms with Crippen molar-refractivity contribution in [3.05, 3.63) is 36.0 Å². The van der Waals surface area contributed by atoms with Gasteiger partial charge in [-0.15, -0.1) is 0 Å². The van der Waals surface area contributed by atoms with Crippen LogP contribution in [0.5, 0.6) is 5.75 Å². The molecule has 1 aromatic heterocycles. The summed E-state index contributed by atoms with van der Waals surface area (Å²) in [6, 6.07) is 10.0. The molecule has 0 aliphatic carbocycles. The van der Waals surface area contributed by atoms with Gasteiger partial charge < -0.3 is 10.5 Å². The van der Waals surface area contributed by atoms with Gasteiger partial charge in [-0.2, -0.15) is 5.10 Å². The zero-order valence-electron chi connectivity index (χ0n) is 10.6. The molecule has 0 bridgehead atoms. The highest BCUT2D eigenvalue weighted by molar-refractivity contribution is 5.60. The second-order valence-corrected chi connectivity index (χ2v) is 4.19. The van der Waals surface area contributed by atoms with Crippen molar-refractivity contribution in [2.45, 2.75) is 19.8 Å². The average Bonchev–Trinajstić information content (AvgIpc) is 2.86. The van der Waals surface area contributed by atoms with E-state index in [1.54, 1.807) is 0 Å². The number of aromatic nitrogens is 2. The minimum absolute atomic E-state index is 0.630. The van der Waals surface area contributed by atoms with Crippen LogP contribution in [-0.2, 0) is 6.42 Å². The van der Waals surface area contributed by atoms with Gasteiger partial charge in [0.1, 0.15) is 5.75 Å². The third-order valence-corrected chi connectivity index (χ3v) is 2.67. The molecule has 0 spiro atoms. The lowest BCUT2D eigenvalue weighted by Gasteiger charge is -2.04. The molecule has 3 N–H and O–H groups in total. The molecular weight excluding hydrogens is 226 g/mol. The normalized spacial score (nSPS) is 10.6. The molecule has 0 aliphatic heterocycles. The maximum absolute atomic E-state index is 5.55. The second-order valence-electron chi connectivity index (χ2n) is 4.19. The predicted octanol–water partition coefficient (Wildman–Crippen LogP) is 2.37. The Hall–Kier alpha value is -1.81. The largest absolute Gasteiger partial charge is 0.494 e. The molecule has 4 nitrogen and oxygen atoms in total. The molecule has 0 fully saturated rings. The molecule has 0 unspecified atom stereocenters. The van der Waals surface area contributed by atoms with E-state index in [1.807, 2.05) is 30.3 Å². The van der Waals surface area contributed by atoms with Gasteiger partial charge in [0.15, 0.2) is 0 Å². The van der Waals surface area contributed by atoms with E-state index in [-0.39, 0.29) is 0 Å². The first-order valence-electron chi connectivity index (χ1n) is 6.31. The van der Waals surface area contributed by atoms with Gasteiger partial charge in [0.05, 0.1) is 12.3 Å². The van der Waals surface area contributed by atoms with Crippen LogP contribution in [0, 0.1) is 0 Å². The van der Waals surface area contributed by atoms with E-state index in [4.69, 9.17) is 10.5 Å². The highest BCUT2D eigenvalue weighted by Crippen LogP contribution is 2.21. The molecule has 0 atom stereocenters. The number of hydrogen-bond acceptors (Lipinski definition) is 3. The van der Waals surface area contributed by atoms with Crippen molar-refractivity contribution in [1.29, 1.82) is 0 Å². The summed E-state index contributed by atoms with van der Waals surface area (Å²) in [5, 5.41) is 7.27. The Bertz CT molecular complexity index is 476. The monoisotopic (exact) mass is 245 g/mol. The Balaban J connectivity index is 2.07. The third-order valence-electron chi connectivity index (χ3n) is 2.67. The van der Waals surface area contributed by atoms with Gasteiger partial charge in [-0.3, -0.25) is 5.10 Å². The summed E-state index contributed by atoms with van der Waals surface area (Å²) in [7, 11) is 0. The van der Waals surface area contributed by atoms with Crippen LogP contribution in [0.2, 0.25) is 0 Å². The Morgan fingerprint density at radius 3 is 2.72 bits per heavy atom. The number of benzene rings is 1. The molecular formula is C14H19N3O. The van der Waals surface area contributed by atoms with Gasteiger partial charge in [-0.25, -0.2) is 0 Å². The van der Waals surface area contributed by atoms with Crippen LogP contribution >= 0.6 is 0 Å². The van der Waals surface area contributed by atoms with Crippen LogP contribution in [0.1, 0.15) is 19.0 Å². The quantitative estimate of drug-likeness (QED) is 0.821. The minimum Gasteiger partial charge on any atom is -0.494 e. The summed E-state index contributed by atoms with van der Waals surface area (Å²) in [5.74, 6) is 0.901. The van der Waals surface area contributed by atoms with E-state index >= 15 is 0 Å². The Morgan fingerprint density at radius 2 is 2.06 bits per heavy atom.